The summed E-state index contributed by atoms with van der Waals surface area (Å²) in [6, 6.07) is 3.69. The van der Waals surface area contributed by atoms with Crippen molar-refractivity contribution in [3.8, 4) is 0 Å². The van der Waals surface area contributed by atoms with Gasteiger partial charge in [-0.1, -0.05) is 12.1 Å². The molecule has 3 rings (SSSR count). The van der Waals surface area contributed by atoms with E-state index in [9.17, 15) is 24.0 Å². The van der Waals surface area contributed by atoms with Crippen LogP contribution in [0.3, 0.4) is 0 Å². The first-order valence-electron chi connectivity index (χ1n) is 8.89. The summed E-state index contributed by atoms with van der Waals surface area (Å²) in [6.45, 7) is 5.17. The molecule has 1 aromatic carbocycles. The predicted molar refractivity (Wildman–Crippen MR) is 96.2 cm³/mol. The number of amides is 5. The molecule has 1 atom stereocenters. The molecule has 148 valence electrons. The quantitative estimate of drug-likeness (QED) is 0.750. The first-order valence-corrected chi connectivity index (χ1v) is 8.89. The van der Waals surface area contributed by atoms with Crippen molar-refractivity contribution in [2.24, 2.45) is 0 Å². The zero-order chi connectivity index (χ0) is 20.6. The minimum atomic E-state index is -1.03. The second-order valence-electron chi connectivity index (χ2n) is 7.64. The van der Waals surface area contributed by atoms with Crippen LogP contribution in [0.4, 0.5) is 4.79 Å². The van der Waals surface area contributed by atoms with Gasteiger partial charge in [0.15, 0.2) is 0 Å². The van der Waals surface area contributed by atoms with Crippen LogP contribution in [0.5, 0.6) is 0 Å². The summed E-state index contributed by atoms with van der Waals surface area (Å²) in [7, 11) is 0. The van der Waals surface area contributed by atoms with Crippen molar-refractivity contribution in [1.82, 2.24) is 15.5 Å². The number of alkyl carbamates (subject to hydrolysis) is 1. The molecule has 9 heteroatoms. The van der Waals surface area contributed by atoms with Crippen LogP contribution in [0.1, 0.15) is 59.9 Å². The van der Waals surface area contributed by atoms with E-state index in [0.717, 1.165) is 4.90 Å². The molecule has 2 aliphatic rings. The number of benzene rings is 1. The minimum absolute atomic E-state index is 0.0136. The molecule has 0 unspecified atom stereocenters. The van der Waals surface area contributed by atoms with Crippen molar-refractivity contribution in [1.29, 1.82) is 0 Å². The molecule has 2 heterocycles. The average molecular weight is 387 g/mol. The Labute approximate surface area is 161 Å². The molecule has 2 aliphatic heterocycles. The lowest BCUT2D eigenvalue weighted by molar-refractivity contribution is -0.136. The van der Waals surface area contributed by atoms with Crippen LogP contribution in [-0.4, -0.2) is 46.3 Å². The topological polar surface area (TPSA) is 122 Å². The SMILES string of the molecule is CC(C)(C)OC(=O)NCc1cccc2c1C(=O)N([C@H]1CCC(=O)NC1=O)C2=O. The van der Waals surface area contributed by atoms with Gasteiger partial charge < -0.3 is 10.1 Å². The highest BCUT2D eigenvalue weighted by Gasteiger charge is 2.45. The van der Waals surface area contributed by atoms with Crippen LogP contribution in [0, 0.1) is 0 Å². The molecule has 0 saturated carbocycles. The van der Waals surface area contributed by atoms with E-state index in [1.807, 2.05) is 0 Å². The Bertz CT molecular complexity index is 886. The van der Waals surface area contributed by atoms with Crippen molar-refractivity contribution in [3.05, 3.63) is 34.9 Å². The smallest absolute Gasteiger partial charge is 0.407 e. The fourth-order valence-electron chi connectivity index (χ4n) is 3.21. The van der Waals surface area contributed by atoms with E-state index in [1.54, 1.807) is 32.9 Å². The number of rotatable bonds is 3. The summed E-state index contributed by atoms with van der Waals surface area (Å²) < 4.78 is 5.17. The monoisotopic (exact) mass is 387 g/mol. The third kappa shape index (κ3) is 3.73. The Balaban J connectivity index is 1.81. The lowest BCUT2D eigenvalue weighted by Crippen LogP contribution is -2.54. The maximum absolute atomic E-state index is 12.9. The van der Waals surface area contributed by atoms with Crippen molar-refractivity contribution in [2.45, 2.75) is 51.8 Å². The van der Waals surface area contributed by atoms with Gasteiger partial charge in [0, 0.05) is 13.0 Å². The van der Waals surface area contributed by atoms with E-state index < -0.39 is 41.4 Å². The minimum Gasteiger partial charge on any atom is -0.444 e. The van der Waals surface area contributed by atoms with Gasteiger partial charge in [-0.25, -0.2) is 4.79 Å². The lowest BCUT2D eigenvalue weighted by Gasteiger charge is -2.27. The fraction of sp³-hybridized carbons (Fsp3) is 0.421. The van der Waals surface area contributed by atoms with Crippen LogP contribution in [0.15, 0.2) is 18.2 Å². The Morgan fingerprint density at radius 2 is 1.93 bits per heavy atom. The van der Waals surface area contributed by atoms with Gasteiger partial charge in [-0.15, -0.1) is 0 Å². The number of imide groups is 2. The Hall–Kier alpha value is -3.23. The van der Waals surface area contributed by atoms with Crippen LogP contribution in [-0.2, 0) is 20.9 Å². The van der Waals surface area contributed by atoms with Gasteiger partial charge in [-0.05, 0) is 38.8 Å². The summed E-state index contributed by atoms with van der Waals surface area (Å²) in [4.78, 5) is 61.9. The van der Waals surface area contributed by atoms with E-state index in [-0.39, 0.29) is 30.5 Å². The van der Waals surface area contributed by atoms with Gasteiger partial charge in [0.25, 0.3) is 11.8 Å². The van der Waals surface area contributed by atoms with Crippen molar-refractivity contribution < 1.29 is 28.7 Å². The number of ether oxygens (including phenoxy) is 1. The molecule has 28 heavy (non-hydrogen) atoms. The van der Waals surface area contributed by atoms with Crippen LogP contribution < -0.4 is 10.6 Å². The standard InChI is InChI=1S/C19H21N3O6/c1-19(2,3)28-18(27)20-9-10-5-4-6-11-14(10)17(26)22(16(11)25)12-7-8-13(23)21-15(12)24/h4-6,12H,7-9H2,1-3H3,(H,20,27)(H,21,23,24)/t12-/m0/s1. The molecule has 0 radical (unpaired) electrons. The Morgan fingerprint density at radius 1 is 1.21 bits per heavy atom. The maximum Gasteiger partial charge on any atom is 0.407 e. The van der Waals surface area contributed by atoms with E-state index in [1.165, 1.54) is 6.07 Å². The second-order valence-corrected chi connectivity index (χ2v) is 7.64. The highest BCUT2D eigenvalue weighted by atomic mass is 16.6. The van der Waals surface area contributed by atoms with E-state index in [0.29, 0.717) is 5.56 Å². The Morgan fingerprint density at radius 3 is 2.57 bits per heavy atom. The van der Waals surface area contributed by atoms with Crippen LogP contribution >= 0.6 is 0 Å². The summed E-state index contributed by atoms with van der Waals surface area (Å²) in [5, 5.41) is 4.72. The number of hydrogen-bond donors (Lipinski definition) is 2. The second kappa shape index (κ2) is 7.06. The fourth-order valence-corrected chi connectivity index (χ4v) is 3.21. The maximum atomic E-state index is 12.9. The molecular formula is C19H21N3O6. The largest absolute Gasteiger partial charge is 0.444 e. The van der Waals surface area contributed by atoms with Crippen molar-refractivity contribution in [3.63, 3.8) is 0 Å². The molecule has 0 bridgehead atoms. The van der Waals surface area contributed by atoms with E-state index in [4.69, 9.17) is 4.74 Å². The van der Waals surface area contributed by atoms with Gasteiger partial charge in [0.2, 0.25) is 11.8 Å². The third-order valence-electron chi connectivity index (χ3n) is 4.38. The molecule has 9 nitrogen and oxygen atoms in total. The molecule has 2 N–H and O–H groups in total. The number of nitrogens with zero attached hydrogens (tertiary/aromatic N) is 1. The molecule has 0 aromatic heterocycles. The molecule has 1 aromatic rings. The number of fused-ring (bicyclic) bond motifs is 1. The number of piperidine rings is 1. The van der Waals surface area contributed by atoms with Crippen molar-refractivity contribution in [2.75, 3.05) is 0 Å². The first-order chi connectivity index (χ1) is 13.1. The highest BCUT2D eigenvalue weighted by molar-refractivity contribution is 6.24. The average Bonchev–Trinajstić information content (AvgIpc) is 2.84. The molecule has 5 amide bonds. The lowest BCUT2D eigenvalue weighted by atomic mass is 10.0. The van der Waals surface area contributed by atoms with Crippen LogP contribution in [0.25, 0.3) is 0 Å². The molecule has 0 spiro atoms. The van der Waals surface area contributed by atoms with E-state index >= 15 is 0 Å². The summed E-state index contributed by atoms with van der Waals surface area (Å²) in [5.74, 6) is -2.30. The molecule has 1 saturated heterocycles. The number of carbonyl (C=O) groups is 5. The molecule has 0 aliphatic carbocycles. The van der Waals surface area contributed by atoms with Crippen molar-refractivity contribution >= 4 is 29.7 Å². The number of nitrogens with one attached hydrogen (secondary N) is 2. The van der Waals surface area contributed by atoms with Gasteiger partial charge in [0.1, 0.15) is 11.6 Å². The van der Waals surface area contributed by atoms with E-state index in [2.05, 4.69) is 10.6 Å². The van der Waals surface area contributed by atoms with Gasteiger partial charge in [-0.2, -0.15) is 0 Å². The summed E-state index contributed by atoms with van der Waals surface area (Å²) >= 11 is 0. The van der Waals surface area contributed by atoms with Gasteiger partial charge >= 0.3 is 6.09 Å². The normalized spacial score (nSPS) is 19.4. The third-order valence-corrected chi connectivity index (χ3v) is 4.38. The summed E-state index contributed by atoms with van der Waals surface area (Å²) in [6.07, 6.45) is -0.512. The zero-order valence-electron chi connectivity index (χ0n) is 15.8. The van der Waals surface area contributed by atoms with Gasteiger partial charge in [-0.3, -0.25) is 29.4 Å². The Kier molecular flexibility index (Phi) is 4.93. The predicted octanol–water partition coefficient (Wildman–Crippen LogP) is 1.11. The zero-order valence-corrected chi connectivity index (χ0v) is 15.8. The molecule has 1 fully saturated rings. The first kappa shape index (κ1) is 19.5. The summed E-state index contributed by atoms with van der Waals surface area (Å²) in [5.41, 5.74) is 0.0832. The number of hydrogen-bond acceptors (Lipinski definition) is 6. The highest BCUT2D eigenvalue weighted by Crippen LogP contribution is 2.29. The van der Waals surface area contributed by atoms with Crippen LogP contribution in [0.2, 0.25) is 0 Å². The number of carbonyl (C=O) groups excluding carboxylic acids is 5. The molecular weight excluding hydrogens is 366 g/mol. The van der Waals surface area contributed by atoms with Gasteiger partial charge in [0.05, 0.1) is 11.1 Å².